The van der Waals surface area contributed by atoms with Crippen molar-refractivity contribution in [3.05, 3.63) is 82.4 Å². The Balaban J connectivity index is 1.39. The number of nitrogens with one attached hydrogen (secondary N) is 1. The highest BCUT2D eigenvalue weighted by molar-refractivity contribution is 6.32. The average molecular weight is 453 g/mol. The van der Waals surface area contributed by atoms with Gasteiger partial charge in [0.25, 0.3) is 0 Å². The maximum atomic E-state index is 6.55. The van der Waals surface area contributed by atoms with Gasteiger partial charge in [0, 0.05) is 31.0 Å². The highest BCUT2D eigenvalue weighted by Crippen LogP contribution is 2.37. The summed E-state index contributed by atoms with van der Waals surface area (Å²) in [5, 5.41) is 3.99. The van der Waals surface area contributed by atoms with E-state index in [1.165, 1.54) is 11.3 Å². The molecular formula is C26H29ClN2O3. The summed E-state index contributed by atoms with van der Waals surface area (Å²) in [5.41, 5.74) is 5.58. The van der Waals surface area contributed by atoms with Crippen LogP contribution in [-0.2, 0) is 17.9 Å². The predicted molar refractivity (Wildman–Crippen MR) is 130 cm³/mol. The summed E-state index contributed by atoms with van der Waals surface area (Å²) in [4.78, 5) is 2.34. The summed E-state index contributed by atoms with van der Waals surface area (Å²) >= 11 is 6.55. The fraction of sp³-hybridized carbons (Fsp3) is 0.308. The number of benzene rings is 3. The summed E-state index contributed by atoms with van der Waals surface area (Å²) in [6.45, 7) is 6.57. The summed E-state index contributed by atoms with van der Waals surface area (Å²) < 4.78 is 17.0. The Hall–Kier alpha value is -2.89. The summed E-state index contributed by atoms with van der Waals surface area (Å²) in [6.07, 6.45) is 0. The van der Waals surface area contributed by atoms with Crippen molar-refractivity contribution >= 4 is 23.0 Å². The Kier molecular flexibility index (Phi) is 7.40. The second-order valence-corrected chi connectivity index (χ2v) is 8.29. The number of ether oxygens (including phenoxy) is 3. The first kappa shape index (κ1) is 22.3. The Morgan fingerprint density at radius 2 is 1.78 bits per heavy atom. The van der Waals surface area contributed by atoms with Gasteiger partial charge in [-0.3, -0.25) is 0 Å². The topological polar surface area (TPSA) is 43.0 Å². The van der Waals surface area contributed by atoms with E-state index in [1.807, 2.05) is 24.3 Å². The molecule has 32 heavy (non-hydrogen) atoms. The smallest absolute Gasteiger partial charge is 0.180 e. The first-order valence-corrected chi connectivity index (χ1v) is 11.2. The van der Waals surface area contributed by atoms with Crippen molar-refractivity contribution in [2.24, 2.45) is 0 Å². The third kappa shape index (κ3) is 5.67. The highest BCUT2D eigenvalue weighted by Gasteiger charge is 2.13. The lowest BCUT2D eigenvalue weighted by molar-refractivity contribution is 0.122. The van der Waals surface area contributed by atoms with Crippen LogP contribution in [0.25, 0.3) is 0 Å². The van der Waals surface area contributed by atoms with Gasteiger partial charge in [-0.15, -0.1) is 0 Å². The Bertz CT molecular complexity index is 1030. The molecule has 4 rings (SSSR count). The van der Waals surface area contributed by atoms with Crippen LogP contribution in [-0.4, -0.2) is 33.4 Å². The molecule has 0 unspecified atom stereocenters. The molecule has 3 aromatic carbocycles. The zero-order chi connectivity index (χ0) is 22.3. The second kappa shape index (κ2) is 10.6. The van der Waals surface area contributed by atoms with E-state index < -0.39 is 0 Å². The monoisotopic (exact) mass is 452 g/mol. The van der Waals surface area contributed by atoms with Gasteiger partial charge in [0.15, 0.2) is 11.5 Å². The molecule has 1 saturated heterocycles. The summed E-state index contributed by atoms with van der Waals surface area (Å²) in [5.74, 6) is 1.19. The first-order valence-electron chi connectivity index (χ1n) is 10.8. The maximum Gasteiger partial charge on any atom is 0.180 e. The number of anilines is 2. The van der Waals surface area contributed by atoms with E-state index in [2.05, 4.69) is 53.5 Å². The van der Waals surface area contributed by atoms with Gasteiger partial charge in [0.2, 0.25) is 0 Å². The molecule has 6 heteroatoms. The van der Waals surface area contributed by atoms with Gasteiger partial charge in [-0.1, -0.05) is 41.4 Å². The van der Waals surface area contributed by atoms with Gasteiger partial charge in [-0.25, -0.2) is 0 Å². The average Bonchev–Trinajstić information content (AvgIpc) is 2.82. The molecule has 0 atom stereocenters. The Labute approximate surface area is 194 Å². The SMILES string of the molecule is COc1cc(CNc2ccc(N3CCOCC3)cc2)cc(Cl)c1OCc1cccc(C)c1. The summed E-state index contributed by atoms with van der Waals surface area (Å²) in [7, 11) is 1.63. The standard InChI is InChI=1S/C26H29ClN2O3/c1-19-4-3-5-20(14-19)18-32-26-24(27)15-21(16-25(26)30-2)17-28-22-6-8-23(9-7-22)29-10-12-31-13-11-29/h3-9,14-16,28H,10-13,17-18H2,1-2H3. The van der Waals surface area contributed by atoms with Crippen molar-refractivity contribution in [3.63, 3.8) is 0 Å². The minimum Gasteiger partial charge on any atom is -0.493 e. The van der Waals surface area contributed by atoms with Crippen molar-refractivity contribution in [2.75, 3.05) is 43.6 Å². The molecule has 0 bridgehead atoms. The number of hydrogen-bond acceptors (Lipinski definition) is 5. The molecule has 0 saturated carbocycles. The van der Waals surface area contributed by atoms with Crippen molar-refractivity contribution in [1.82, 2.24) is 0 Å². The molecule has 1 aliphatic heterocycles. The summed E-state index contributed by atoms with van der Waals surface area (Å²) in [6, 6.07) is 20.6. The van der Waals surface area contributed by atoms with Crippen LogP contribution < -0.4 is 19.7 Å². The molecule has 0 aliphatic carbocycles. The minimum atomic E-state index is 0.435. The van der Waals surface area contributed by atoms with Crippen molar-refractivity contribution in [3.8, 4) is 11.5 Å². The van der Waals surface area contributed by atoms with Gasteiger partial charge >= 0.3 is 0 Å². The lowest BCUT2D eigenvalue weighted by atomic mass is 10.1. The normalized spacial score (nSPS) is 13.7. The number of morpholine rings is 1. The Morgan fingerprint density at radius 1 is 1.00 bits per heavy atom. The van der Waals surface area contributed by atoms with E-state index in [0.29, 0.717) is 29.7 Å². The van der Waals surface area contributed by atoms with Gasteiger partial charge in [-0.05, 0) is 54.4 Å². The zero-order valence-corrected chi connectivity index (χ0v) is 19.3. The van der Waals surface area contributed by atoms with Crippen LogP contribution in [0.5, 0.6) is 11.5 Å². The Morgan fingerprint density at radius 3 is 2.50 bits per heavy atom. The first-order chi connectivity index (χ1) is 15.6. The molecule has 3 aromatic rings. The molecule has 1 N–H and O–H groups in total. The van der Waals surface area contributed by atoms with Crippen LogP contribution in [0.15, 0.2) is 60.7 Å². The third-order valence-electron chi connectivity index (χ3n) is 5.50. The van der Waals surface area contributed by atoms with Crippen LogP contribution in [0, 0.1) is 6.92 Å². The predicted octanol–water partition coefficient (Wildman–Crippen LogP) is 5.68. The van der Waals surface area contributed by atoms with E-state index in [9.17, 15) is 0 Å². The number of hydrogen-bond donors (Lipinski definition) is 1. The number of rotatable bonds is 8. The number of nitrogens with zero attached hydrogens (tertiary/aromatic N) is 1. The van der Waals surface area contributed by atoms with Crippen LogP contribution in [0.3, 0.4) is 0 Å². The van der Waals surface area contributed by atoms with Crippen LogP contribution in [0.1, 0.15) is 16.7 Å². The molecule has 168 valence electrons. The molecule has 0 radical (unpaired) electrons. The van der Waals surface area contributed by atoms with Crippen molar-refractivity contribution in [1.29, 1.82) is 0 Å². The van der Waals surface area contributed by atoms with Gasteiger partial charge < -0.3 is 24.4 Å². The molecular weight excluding hydrogens is 424 g/mol. The van der Waals surface area contributed by atoms with Gasteiger partial charge in [-0.2, -0.15) is 0 Å². The van der Waals surface area contributed by atoms with E-state index >= 15 is 0 Å². The molecule has 1 aliphatic rings. The molecule has 1 heterocycles. The lowest BCUT2D eigenvalue weighted by Crippen LogP contribution is -2.36. The number of halogens is 1. The van der Waals surface area contributed by atoms with Gasteiger partial charge in [0.1, 0.15) is 6.61 Å². The highest BCUT2D eigenvalue weighted by atomic mass is 35.5. The van der Waals surface area contributed by atoms with Crippen LogP contribution >= 0.6 is 11.6 Å². The van der Waals surface area contributed by atoms with E-state index in [1.54, 1.807) is 7.11 Å². The van der Waals surface area contributed by atoms with E-state index in [-0.39, 0.29) is 0 Å². The fourth-order valence-corrected chi connectivity index (χ4v) is 4.08. The number of methoxy groups -OCH3 is 1. The van der Waals surface area contributed by atoms with Crippen LogP contribution in [0.4, 0.5) is 11.4 Å². The fourth-order valence-electron chi connectivity index (χ4n) is 3.79. The van der Waals surface area contributed by atoms with Crippen molar-refractivity contribution < 1.29 is 14.2 Å². The molecule has 5 nitrogen and oxygen atoms in total. The number of aryl methyl sites for hydroxylation is 1. The zero-order valence-electron chi connectivity index (χ0n) is 18.6. The molecule has 0 amide bonds. The quantitative estimate of drug-likeness (QED) is 0.476. The van der Waals surface area contributed by atoms with Crippen molar-refractivity contribution in [2.45, 2.75) is 20.1 Å². The largest absolute Gasteiger partial charge is 0.493 e. The minimum absolute atomic E-state index is 0.435. The van der Waals surface area contributed by atoms with E-state index in [4.69, 9.17) is 25.8 Å². The molecule has 0 aromatic heterocycles. The molecule has 1 fully saturated rings. The molecule has 0 spiro atoms. The van der Waals surface area contributed by atoms with Gasteiger partial charge in [0.05, 0.1) is 25.3 Å². The third-order valence-corrected chi connectivity index (χ3v) is 5.78. The van der Waals surface area contributed by atoms with Crippen LogP contribution in [0.2, 0.25) is 5.02 Å². The maximum absolute atomic E-state index is 6.55. The second-order valence-electron chi connectivity index (χ2n) is 7.89. The lowest BCUT2D eigenvalue weighted by Gasteiger charge is -2.29. The van der Waals surface area contributed by atoms with E-state index in [0.717, 1.165) is 43.1 Å².